The molecule has 0 spiro atoms. The number of nitrogens with zero attached hydrogens (tertiary/aromatic N) is 2. The molecule has 0 aliphatic rings. The second-order valence-corrected chi connectivity index (χ2v) is 6.54. The maximum Gasteiger partial charge on any atom is 0.379 e. The minimum atomic E-state index is -0.657. The van der Waals surface area contributed by atoms with Crippen molar-refractivity contribution >= 4 is 11.8 Å². The van der Waals surface area contributed by atoms with Crippen LogP contribution in [0.25, 0.3) is 0 Å². The summed E-state index contributed by atoms with van der Waals surface area (Å²) in [7, 11) is 0. The van der Waals surface area contributed by atoms with Gasteiger partial charge in [-0.1, -0.05) is 12.1 Å². The Hall–Kier alpha value is -3.15. The third-order valence-electron chi connectivity index (χ3n) is 3.59. The lowest BCUT2D eigenvalue weighted by Crippen LogP contribution is -2.22. The maximum atomic E-state index is 12.8. The Labute approximate surface area is 145 Å². The van der Waals surface area contributed by atoms with E-state index in [0.717, 1.165) is 0 Å². The van der Waals surface area contributed by atoms with Crippen molar-refractivity contribution in [3.8, 4) is 5.75 Å². The Kier molecular flexibility index (Phi) is 4.27. The van der Waals surface area contributed by atoms with Gasteiger partial charge in [0.05, 0.1) is 29.1 Å². The van der Waals surface area contributed by atoms with Crippen molar-refractivity contribution in [1.82, 2.24) is 9.78 Å². The summed E-state index contributed by atoms with van der Waals surface area (Å²) in [6, 6.07) is 9.68. The zero-order chi connectivity index (χ0) is 18.0. The average Bonchev–Trinajstić information content (AvgIpc) is 3.26. The van der Waals surface area contributed by atoms with E-state index in [4.69, 9.17) is 9.15 Å². The van der Waals surface area contributed by atoms with Gasteiger partial charge in [-0.2, -0.15) is 5.10 Å². The number of hydrogen-bond donors (Lipinski definition) is 0. The third kappa shape index (κ3) is 3.52. The topological polar surface area (TPSA) is 74.3 Å². The largest absolute Gasteiger partial charge is 0.457 e. The number of carbonyl (C=O) groups excluding carboxylic acids is 2. The Balaban J connectivity index is 1.89. The summed E-state index contributed by atoms with van der Waals surface area (Å²) in [4.78, 5) is 24.9. The van der Waals surface area contributed by atoms with E-state index in [-0.39, 0.29) is 28.4 Å². The monoisotopic (exact) mass is 338 g/mol. The molecule has 2 aromatic heterocycles. The van der Waals surface area contributed by atoms with E-state index >= 15 is 0 Å². The fraction of sp³-hybridized carbons (Fsp3) is 0.211. The molecule has 6 heteroatoms. The molecule has 0 fully saturated rings. The quantitative estimate of drug-likeness (QED) is 0.412. The van der Waals surface area contributed by atoms with Crippen molar-refractivity contribution in [2.75, 3.05) is 0 Å². The van der Waals surface area contributed by atoms with E-state index in [2.05, 4.69) is 5.10 Å². The SMILES string of the molecule is CC(C)(C)n1cc(C(=O)c2ccccc2OC(=O)c2ccco2)cn1. The van der Waals surface area contributed by atoms with E-state index in [1.165, 1.54) is 18.5 Å². The molecule has 3 aromatic rings. The van der Waals surface area contributed by atoms with Crippen LogP contribution in [0.3, 0.4) is 0 Å². The van der Waals surface area contributed by atoms with Gasteiger partial charge in [-0.3, -0.25) is 9.48 Å². The first-order valence-corrected chi connectivity index (χ1v) is 7.81. The van der Waals surface area contributed by atoms with Gasteiger partial charge in [0, 0.05) is 6.20 Å². The van der Waals surface area contributed by atoms with Crippen LogP contribution in [0.1, 0.15) is 47.2 Å². The van der Waals surface area contributed by atoms with Crippen molar-refractivity contribution in [2.45, 2.75) is 26.3 Å². The highest BCUT2D eigenvalue weighted by atomic mass is 16.5. The molecule has 0 aliphatic heterocycles. The lowest BCUT2D eigenvalue weighted by Gasteiger charge is -2.18. The number of hydrogen-bond acceptors (Lipinski definition) is 5. The number of rotatable bonds is 4. The van der Waals surface area contributed by atoms with Crippen LogP contribution in [-0.2, 0) is 5.54 Å². The van der Waals surface area contributed by atoms with Gasteiger partial charge in [0.15, 0.2) is 5.78 Å². The molecule has 0 saturated heterocycles. The Morgan fingerprint density at radius 3 is 2.52 bits per heavy atom. The molecule has 0 radical (unpaired) electrons. The number of para-hydroxylation sites is 1. The first-order chi connectivity index (χ1) is 11.9. The highest BCUT2D eigenvalue weighted by molar-refractivity contribution is 6.10. The molecule has 0 aliphatic carbocycles. The van der Waals surface area contributed by atoms with Gasteiger partial charge in [-0.25, -0.2) is 4.79 Å². The summed E-state index contributed by atoms with van der Waals surface area (Å²) in [6.07, 6.45) is 4.58. The highest BCUT2D eigenvalue weighted by Crippen LogP contribution is 2.23. The van der Waals surface area contributed by atoms with Crippen molar-refractivity contribution in [3.05, 3.63) is 71.9 Å². The molecule has 25 heavy (non-hydrogen) atoms. The maximum absolute atomic E-state index is 12.8. The number of carbonyl (C=O) groups is 2. The molecule has 0 atom stereocenters. The van der Waals surface area contributed by atoms with Crippen LogP contribution < -0.4 is 4.74 Å². The number of furan rings is 1. The van der Waals surface area contributed by atoms with Gasteiger partial charge in [0.25, 0.3) is 0 Å². The summed E-state index contributed by atoms with van der Waals surface area (Å²) < 4.78 is 12.1. The number of ether oxygens (including phenoxy) is 1. The van der Waals surface area contributed by atoms with Gasteiger partial charge in [0.2, 0.25) is 5.76 Å². The Morgan fingerprint density at radius 2 is 1.88 bits per heavy atom. The summed E-state index contributed by atoms with van der Waals surface area (Å²) in [5.74, 6) is -0.672. The Bertz CT molecular complexity index is 902. The fourth-order valence-electron chi connectivity index (χ4n) is 2.25. The molecular weight excluding hydrogens is 320 g/mol. The van der Waals surface area contributed by atoms with Crippen LogP contribution in [0, 0.1) is 0 Å². The standard InChI is InChI=1S/C19H18N2O4/c1-19(2,3)21-12-13(11-20-21)17(22)14-7-4-5-8-15(14)25-18(23)16-9-6-10-24-16/h4-12H,1-3H3. The van der Waals surface area contributed by atoms with E-state index in [9.17, 15) is 9.59 Å². The Morgan fingerprint density at radius 1 is 1.12 bits per heavy atom. The minimum Gasteiger partial charge on any atom is -0.457 e. The van der Waals surface area contributed by atoms with Crippen molar-refractivity contribution in [3.63, 3.8) is 0 Å². The van der Waals surface area contributed by atoms with Gasteiger partial charge in [-0.05, 0) is 45.0 Å². The van der Waals surface area contributed by atoms with E-state index in [1.807, 2.05) is 20.8 Å². The van der Waals surface area contributed by atoms with Crippen LogP contribution >= 0.6 is 0 Å². The number of aromatic nitrogens is 2. The minimum absolute atomic E-state index is 0.0720. The molecule has 6 nitrogen and oxygen atoms in total. The van der Waals surface area contributed by atoms with Crippen LogP contribution in [0.15, 0.2) is 59.5 Å². The molecule has 1 aromatic carbocycles. The molecule has 0 unspecified atom stereocenters. The van der Waals surface area contributed by atoms with E-state index in [0.29, 0.717) is 5.56 Å². The first-order valence-electron chi connectivity index (χ1n) is 7.81. The number of ketones is 1. The average molecular weight is 338 g/mol. The molecule has 3 rings (SSSR count). The predicted molar refractivity (Wildman–Crippen MR) is 90.8 cm³/mol. The zero-order valence-electron chi connectivity index (χ0n) is 14.2. The summed E-state index contributed by atoms with van der Waals surface area (Å²) in [6.45, 7) is 5.98. The van der Waals surface area contributed by atoms with Crippen molar-refractivity contribution < 1.29 is 18.7 Å². The number of benzene rings is 1. The normalized spacial score (nSPS) is 11.3. The zero-order valence-corrected chi connectivity index (χ0v) is 14.2. The predicted octanol–water partition coefficient (Wildman–Crippen LogP) is 3.68. The van der Waals surface area contributed by atoms with Gasteiger partial charge in [0.1, 0.15) is 5.75 Å². The second-order valence-electron chi connectivity index (χ2n) is 6.54. The summed E-state index contributed by atoms with van der Waals surface area (Å²) in [5, 5.41) is 4.24. The molecule has 2 heterocycles. The van der Waals surface area contributed by atoms with Crippen LogP contribution in [-0.4, -0.2) is 21.5 Å². The smallest absolute Gasteiger partial charge is 0.379 e. The van der Waals surface area contributed by atoms with Gasteiger partial charge in [-0.15, -0.1) is 0 Å². The first kappa shape index (κ1) is 16.7. The van der Waals surface area contributed by atoms with Gasteiger partial charge < -0.3 is 9.15 Å². The summed E-state index contributed by atoms with van der Waals surface area (Å²) in [5.41, 5.74) is 0.483. The molecular formula is C19H18N2O4. The van der Waals surface area contributed by atoms with Crippen LogP contribution in [0.4, 0.5) is 0 Å². The lowest BCUT2D eigenvalue weighted by atomic mass is 10.1. The van der Waals surface area contributed by atoms with E-state index < -0.39 is 5.97 Å². The molecule has 128 valence electrons. The van der Waals surface area contributed by atoms with Crippen LogP contribution in [0.2, 0.25) is 0 Å². The third-order valence-corrected chi connectivity index (χ3v) is 3.59. The number of esters is 1. The van der Waals surface area contributed by atoms with E-state index in [1.54, 1.807) is 41.2 Å². The second kappa shape index (κ2) is 6.39. The fourth-order valence-corrected chi connectivity index (χ4v) is 2.25. The van der Waals surface area contributed by atoms with Gasteiger partial charge >= 0.3 is 5.97 Å². The summed E-state index contributed by atoms with van der Waals surface area (Å²) >= 11 is 0. The molecule has 0 amide bonds. The van der Waals surface area contributed by atoms with Crippen molar-refractivity contribution in [2.24, 2.45) is 0 Å². The molecule has 0 bridgehead atoms. The highest BCUT2D eigenvalue weighted by Gasteiger charge is 2.21. The molecule has 0 saturated carbocycles. The lowest BCUT2D eigenvalue weighted by molar-refractivity contribution is 0.0699. The van der Waals surface area contributed by atoms with Crippen LogP contribution in [0.5, 0.6) is 5.75 Å². The molecule has 0 N–H and O–H groups in total. The van der Waals surface area contributed by atoms with Crippen molar-refractivity contribution in [1.29, 1.82) is 0 Å².